The zero-order valence-corrected chi connectivity index (χ0v) is 22.5. The average molecular weight is 520 g/mol. The second-order valence-electron chi connectivity index (χ2n) is 10.6. The average Bonchev–Trinajstić information content (AvgIpc) is 3.24. The molecule has 0 amide bonds. The second kappa shape index (κ2) is 9.89. The van der Waals surface area contributed by atoms with E-state index in [1.807, 2.05) is 49.7 Å². The van der Waals surface area contributed by atoms with Crippen LogP contribution in [0.2, 0.25) is 0 Å². The van der Waals surface area contributed by atoms with E-state index in [0.717, 1.165) is 52.1 Å². The number of benzene rings is 2. The third-order valence-corrected chi connectivity index (χ3v) is 8.08. The van der Waals surface area contributed by atoms with Crippen LogP contribution in [0.15, 0.2) is 66.0 Å². The molecule has 9 heteroatoms. The predicted octanol–water partition coefficient (Wildman–Crippen LogP) is 5.06. The maximum atomic E-state index is 13.1. The molecule has 0 saturated carbocycles. The molecule has 0 spiro atoms. The summed E-state index contributed by atoms with van der Waals surface area (Å²) in [5.74, 6) is 0.736. The van der Waals surface area contributed by atoms with Gasteiger partial charge in [0.25, 0.3) is 0 Å². The molecule has 0 aliphatic carbocycles. The first-order chi connectivity index (χ1) is 17.6. The molecule has 2 N–H and O–H groups in total. The minimum atomic E-state index is -3.70. The lowest BCUT2D eigenvalue weighted by molar-refractivity contribution is 0.0904. The molecule has 5 rings (SSSR count). The van der Waals surface area contributed by atoms with Crippen molar-refractivity contribution in [1.82, 2.24) is 19.3 Å². The highest BCUT2D eigenvalue weighted by Gasteiger charge is 2.24. The Kier molecular flexibility index (Phi) is 6.78. The molecule has 0 atom stereocenters. The number of nitrogens with zero attached hydrogens (tertiary/aromatic N) is 3. The quantitative estimate of drug-likeness (QED) is 0.369. The maximum absolute atomic E-state index is 13.1. The maximum Gasteiger partial charge on any atom is 0.241 e. The number of hydrogen-bond donors (Lipinski definition) is 2. The van der Waals surface area contributed by atoms with E-state index >= 15 is 0 Å². The van der Waals surface area contributed by atoms with Crippen LogP contribution in [-0.4, -0.2) is 47.7 Å². The first kappa shape index (κ1) is 25.4. The standard InChI is InChI=1S/C28H33N5O3S/c1-19-7-5-9-22(15-19)33-17-24(20-8-6-10-23(16-20)37(34,35)32-28(2,3)4)25-26(29-18-30-27(25)33)31-21-11-13-36-14-12-21/h5-10,15-18,21,32H,11-14H2,1-4H3,(H,29,30,31). The zero-order valence-electron chi connectivity index (χ0n) is 21.7. The van der Waals surface area contributed by atoms with Crippen LogP contribution in [0.4, 0.5) is 5.82 Å². The number of aromatic nitrogens is 3. The number of anilines is 1. The Bertz CT molecular complexity index is 1530. The molecule has 1 saturated heterocycles. The van der Waals surface area contributed by atoms with Crippen LogP contribution < -0.4 is 10.0 Å². The monoisotopic (exact) mass is 519 g/mol. The molecule has 0 radical (unpaired) electrons. The van der Waals surface area contributed by atoms with Gasteiger partial charge in [0.15, 0.2) is 5.65 Å². The summed E-state index contributed by atoms with van der Waals surface area (Å²) in [6, 6.07) is 15.5. The van der Waals surface area contributed by atoms with Crippen molar-refractivity contribution in [2.45, 2.75) is 57.0 Å². The number of rotatable bonds is 6. The Morgan fingerprint density at radius 2 is 1.78 bits per heavy atom. The van der Waals surface area contributed by atoms with Crippen LogP contribution in [0.5, 0.6) is 0 Å². The van der Waals surface area contributed by atoms with E-state index in [0.29, 0.717) is 13.2 Å². The fourth-order valence-electron chi connectivity index (χ4n) is 4.69. The Morgan fingerprint density at radius 3 is 2.51 bits per heavy atom. The molecule has 8 nitrogen and oxygen atoms in total. The van der Waals surface area contributed by atoms with Crippen molar-refractivity contribution >= 4 is 26.9 Å². The fourth-order valence-corrected chi connectivity index (χ4v) is 6.16. The molecule has 1 fully saturated rings. The van der Waals surface area contributed by atoms with Crippen LogP contribution in [-0.2, 0) is 14.8 Å². The summed E-state index contributed by atoms with van der Waals surface area (Å²) >= 11 is 0. The van der Waals surface area contributed by atoms with E-state index in [1.54, 1.807) is 24.5 Å². The van der Waals surface area contributed by atoms with Gasteiger partial charge in [0.2, 0.25) is 10.0 Å². The van der Waals surface area contributed by atoms with Gasteiger partial charge in [-0.1, -0.05) is 24.3 Å². The smallest absolute Gasteiger partial charge is 0.241 e. The Labute approximate surface area is 218 Å². The van der Waals surface area contributed by atoms with Gasteiger partial charge < -0.3 is 14.6 Å². The lowest BCUT2D eigenvalue weighted by Gasteiger charge is -2.24. The first-order valence-corrected chi connectivity index (χ1v) is 14.0. The van der Waals surface area contributed by atoms with Crippen molar-refractivity contribution in [3.8, 4) is 16.8 Å². The number of nitrogens with one attached hydrogen (secondary N) is 2. The Hall–Kier alpha value is -3.27. The van der Waals surface area contributed by atoms with Crippen molar-refractivity contribution in [3.63, 3.8) is 0 Å². The van der Waals surface area contributed by atoms with Gasteiger partial charge in [0.05, 0.1) is 10.3 Å². The van der Waals surface area contributed by atoms with Crippen LogP contribution in [0.1, 0.15) is 39.2 Å². The molecule has 1 aliphatic rings. The fraction of sp³-hybridized carbons (Fsp3) is 0.357. The van der Waals surface area contributed by atoms with Crippen molar-refractivity contribution in [1.29, 1.82) is 0 Å². The highest BCUT2D eigenvalue weighted by molar-refractivity contribution is 7.89. The highest BCUT2D eigenvalue weighted by Crippen LogP contribution is 2.37. The van der Waals surface area contributed by atoms with Crippen molar-refractivity contribution in [2.75, 3.05) is 18.5 Å². The first-order valence-electron chi connectivity index (χ1n) is 12.5. The normalized spacial score (nSPS) is 15.2. The third-order valence-electron chi connectivity index (χ3n) is 6.32. The van der Waals surface area contributed by atoms with Gasteiger partial charge in [-0.2, -0.15) is 0 Å². The molecule has 37 heavy (non-hydrogen) atoms. The van der Waals surface area contributed by atoms with Gasteiger partial charge >= 0.3 is 0 Å². The van der Waals surface area contributed by atoms with E-state index in [-0.39, 0.29) is 10.9 Å². The van der Waals surface area contributed by atoms with Crippen molar-refractivity contribution < 1.29 is 13.2 Å². The van der Waals surface area contributed by atoms with E-state index in [9.17, 15) is 8.42 Å². The number of ether oxygens (including phenoxy) is 1. The van der Waals surface area contributed by atoms with Crippen LogP contribution in [0.25, 0.3) is 27.8 Å². The zero-order chi connectivity index (χ0) is 26.2. The lowest BCUT2D eigenvalue weighted by atomic mass is 10.1. The van der Waals surface area contributed by atoms with Gasteiger partial charge in [-0.05, 0) is 75.9 Å². The minimum absolute atomic E-state index is 0.215. The van der Waals surface area contributed by atoms with Gasteiger partial charge in [-0.3, -0.25) is 0 Å². The highest BCUT2D eigenvalue weighted by atomic mass is 32.2. The molecule has 2 aromatic heterocycles. The van der Waals surface area contributed by atoms with E-state index in [1.165, 1.54) is 0 Å². The van der Waals surface area contributed by atoms with E-state index < -0.39 is 15.6 Å². The minimum Gasteiger partial charge on any atom is -0.381 e. The topological polar surface area (TPSA) is 98.1 Å². The van der Waals surface area contributed by atoms with Gasteiger partial charge in [-0.15, -0.1) is 0 Å². The van der Waals surface area contributed by atoms with Gasteiger partial charge in [-0.25, -0.2) is 23.1 Å². The molecule has 3 heterocycles. The number of hydrogen-bond acceptors (Lipinski definition) is 6. The molecule has 2 aromatic carbocycles. The lowest BCUT2D eigenvalue weighted by Crippen LogP contribution is -2.40. The van der Waals surface area contributed by atoms with Crippen molar-refractivity contribution in [2.24, 2.45) is 0 Å². The van der Waals surface area contributed by atoms with Crippen LogP contribution in [0.3, 0.4) is 0 Å². The number of sulfonamides is 1. The molecule has 0 unspecified atom stereocenters. The molecule has 4 aromatic rings. The van der Waals surface area contributed by atoms with Crippen LogP contribution >= 0.6 is 0 Å². The number of fused-ring (bicyclic) bond motifs is 1. The summed E-state index contributed by atoms with van der Waals surface area (Å²) in [4.78, 5) is 9.50. The summed E-state index contributed by atoms with van der Waals surface area (Å²) in [6.07, 6.45) is 5.39. The molecule has 194 valence electrons. The third kappa shape index (κ3) is 5.53. The molecular formula is C28H33N5O3S. The summed E-state index contributed by atoms with van der Waals surface area (Å²) in [7, 11) is -3.70. The summed E-state index contributed by atoms with van der Waals surface area (Å²) in [5, 5.41) is 4.47. The summed E-state index contributed by atoms with van der Waals surface area (Å²) in [6.45, 7) is 8.97. The van der Waals surface area contributed by atoms with E-state index in [2.05, 4.69) is 39.1 Å². The van der Waals surface area contributed by atoms with Gasteiger partial charge in [0, 0.05) is 42.2 Å². The summed E-state index contributed by atoms with van der Waals surface area (Å²) in [5.41, 5.74) is 3.91. The Balaban J connectivity index is 1.68. The Morgan fingerprint density at radius 1 is 1.03 bits per heavy atom. The molecule has 0 bridgehead atoms. The van der Waals surface area contributed by atoms with Crippen LogP contribution in [0, 0.1) is 6.92 Å². The van der Waals surface area contributed by atoms with Gasteiger partial charge in [0.1, 0.15) is 12.1 Å². The predicted molar refractivity (Wildman–Crippen MR) is 147 cm³/mol. The van der Waals surface area contributed by atoms with Crippen molar-refractivity contribution in [3.05, 3.63) is 66.6 Å². The summed E-state index contributed by atoms with van der Waals surface area (Å²) < 4.78 is 36.6. The molecule has 1 aliphatic heterocycles. The van der Waals surface area contributed by atoms with E-state index in [4.69, 9.17) is 4.74 Å². The SMILES string of the molecule is Cc1cccc(-n2cc(-c3cccc(S(=O)(=O)NC(C)(C)C)c3)c3c(NC4CCOCC4)ncnc32)c1. The number of aryl methyl sites for hydroxylation is 1. The molecular weight excluding hydrogens is 486 g/mol. The second-order valence-corrected chi connectivity index (χ2v) is 12.3. The largest absolute Gasteiger partial charge is 0.381 e.